The van der Waals surface area contributed by atoms with Crippen molar-refractivity contribution < 1.29 is 4.79 Å². The van der Waals surface area contributed by atoms with Gasteiger partial charge in [0, 0.05) is 10.4 Å². The average molecular weight is 258 g/mol. The van der Waals surface area contributed by atoms with Gasteiger partial charge in [-0.25, -0.2) is 4.98 Å². The van der Waals surface area contributed by atoms with Crippen LogP contribution in [-0.4, -0.2) is 10.9 Å². The fraction of sp³-hybridized carbons (Fsp3) is 0.286. The molecular formula is C14H14N2OS. The van der Waals surface area contributed by atoms with Crippen molar-refractivity contribution in [3.63, 3.8) is 0 Å². The highest BCUT2D eigenvalue weighted by Crippen LogP contribution is 2.30. The number of carbonyl (C=O) groups excluding carboxylic acids is 1. The Balaban J connectivity index is 1.78. The van der Waals surface area contributed by atoms with Gasteiger partial charge in [0.05, 0.1) is 5.69 Å². The number of aromatic nitrogens is 1. The number of anilines is 1. The minimum Gasteiger partial charge on any atom is -0.298 e. The summed E-state index contributed by atoms with van der Waals surface area (Å²) in [5, 5.41) is 3.61. The molecule has 0 aliphatic heterocycles. The van der Waals surface area contributed by atoms with Gasteiger partial charge in [0.15, 0.2) is 5.13 Å². The Labute approximate surface area is 110 Å². The molecule has 0 radical (unpaired) electrons. The van der Waals surface area contributed by atoms with E-state index >= 15 is 0 Å². The number of rotatable bonds is 2. The van der Waals surface area contributed by atoms with Gasteiger partial charge in [-0.15, -0.1) is 11.3 Å². The molecule has 0 spiro atoms. The van der Waals surface area contributed by atoms with E-state index in [9.17, 15) is 4.79 Å². The van der Waals surface area contributed by atoms with Gasteiger partial charge in [-0.1, -0.05) is 17.7 Å². The molecule has 3 rings (SSSR count). The molecule has 1 N–H and O–H groups in total. The molecule has 0 saturated heterocycles. The summed E-state index contributed by atoms with van der Waals surface area (Å²) < 4.78 is 0. The van der Waals surface area contributed by atoms with E-state index in [4.69, 9.17) is 0 Å². The summed E-state index contributed by atoms with van der Waals surface area (Å²) in [5.74, 6) is -0.0777. The number of fused-ring (bicyclic) bond motifs is 1. The van der Waals surface area contributed by atoms with E-state index in [0.717, 1.165) is 23.5 Å². The summed E-state index contributed by atoms with van der Waals surface area (Å²) in [6.45, 7) is 1.98. The monoisotopic (exact) mass is 258 g/mol. The van der Waals surface area contributed by atoms with Crippen LogP contribution in [0.5, 0.6) is 0 Å². The highest BCUT2D eigenvalue weighted by molar-refractivity contribution is 7.15. The van der Waals surface area contributed by atoms with Gasteiger partial charge in [-0.3, -0.25) is 10.1 Å². The highest BCUT2D eigenvalue weighted by atomic mass is 32.1. The standard InChI is InChI=1S/C14H14N2OS/c1-9-4-2-5-10(8-9)13(17)16-14-15-11-6-3-7-12(11)18-14/h2,4-5,8H,3,6-7H2,1H3,(H,15,16,17). The maximum absolute atomic E-state index is 12.0. The molecule has 3 nitrogen and oxygen atoms in total. The molecule has 1 aliphatic carbocycles. The van der Waals surface area contributed by atoms with Gasteiger partial charge in [0.2, 0.25) is 0 Å². The zero-order valence-corrected chi connectivity index (χ0v) is 11.0. The molecule has 1 heterocycles. The van der Waals surface area contributed by atoms with Crippen LogP contribution in [-0.2, 0) is 12.8 Å². The third-order valence-corrected chi connectivity index (χ3v) is 4.17. The van der Waals surface area contributed by atoms with Crippen LogP contribution in [0.25, 0.3) is 0 Å². The molecule has 0 fully saturated rings. The fourth-order valence-corrected chi connectivity index (χ4v) is 3.24. The SMILES string of the molecule is Cc1cccc(C(=O)Nc2nc3c(s2)CCC3)c1. The lowest BCUT2D eigenvalue weighted by molar-refractivity contribution is 0.102. The van der Waals surface area contributed by atoms with Gasteiger partial charge in [-0.2, -0.15) is 0 Å². The number of benzene rings is 1. The van der Waals surface area contributed by atoms with Gasteiger partial charge in [0.25, 0.3) is 5.91 Å². The van der Waals surface area contributed by atoms with Crippen molar-refractivity contribution in [1.82, 2.24) is 4.98 Å². The van der Waals surface area contributed by atoms with Crippen molar-refractivity contribution in [2.75, 3.05) is 5.32 Å². The van der Waals surface area contributed by atoms with Crippen LogP contribution >= 0.6 is 11.3 Å². The Morgan fingerprint density at radius 3 is 3.06 bits per heavy atom. The minimum atomic E-state index is -0.0777. The third-order valence-electron chi connectivity index (χ3n) is 3.10. The van der Waals surface area contributed by atoms with E-state index < -0.39 is 0 Å². The molecule has 2 aromatic rings. The number of amides is 1. The van der Waals surface area contributed by atoms with Gasteiger partial charge < -0.3 is 0 Å². The Bertz CT molecular complexity index is 582. The van der Waals surface area contributed by atoms with Crippen molar-refractivity contribution in [1.29, 1.82) is 0 Å². The number of thiazole rings is 1. The summed E-state index contributed by atoms with van der Waals surface area (Å²) in [5.41, 5.74) is 2.94. The van der Waals surface area contributed by atoms with Crippen LogP contribution in [0.4, 0.5) is 5.13 Å². The van der Waals surface area contributed by atoms with Crippen LogP contribution < -0.4 is 5.32 Å². The third kappa shape index (κ3) is 2.16. The molecule has 0 unspecified atom stereocenters. The first-order valence-electron chi connectivity index (χ1n) is 6.09. The topological polar surface area (TPSA) is 42.0 Å². The van der Waals surface area contributed by atoms with Crippen LogP contribution in [0, 0.1) is 6.92 Å². The molecule has 0 saturated carbocycles. The number of carbonyl (C=O) groups is 1. The predicted octanol–water partition coefficient (Wildman–Crippen LogP) is 3.19. The van der Waals surface area contributed by atoms with E-state index in [1.54, 1.807) is 11.3 Å². The van der Waals surface area contributed by atoms with Crippen LogP contribution in [0.15, 0.2) is 24.3 Å². The van der Waals surface area contributed by atoms with Crippen molar-refractivity contribution in [3.05, 3.63) is 46.0 Å². The second-order valence-corrected chi connectivity index (χ2v) is 5.65. The zero-order chi connectivity index (χ0) is 12.5. The van der Waals surface area contributed by atoms with Gasteiger partial charge >= 0.3 is 0 Å². The first-order chi connectivity index (χ1) is 8.72. The zero-order valence-electron chi connectivity index (χ0n) is 10.2. The number of nitrogens with one attached hydrogen (secondary N) is 1. The number of hydrogen-bond acceptors (Lipinski definition) is 3. The molecular weight excluding hydrogens is 244 g/mol. The van der Waals surface area contributed by atoms with Crippen LogP contribution in [0.1, 0.15) is 32.9 Å². The fourth-order valence-electron chi connectivity index (χ4n) is 2.20. The quantitative estimate of drug-likeness (QED) is 0.898. The molecule has 0 bridgehead atoms. The highest BCUT2D eigenvalue weighted by Gasteiger charge is 2.18. The lowest BCUT2D eigenvalue weighted by atomic mass is 10.1. The van der Waals surface area contributed by atoms with Crippen molar-refractivity contribution in [2.24, 2.45) is 0 Å². The number of hydrogen-bond donors (Lipinski definition) is 1. The lowest BCUT2D eigenvalue weighted by Crippen LogP contribution is -2.11. The molecule has 1 aromatic heterocycles. The van der Waals surface area contributed by atoms with E-state index in [0.29, 0.717) is 5.56 Å². The number of nitrogens with zero attached hydrogens (tertiary/aromatic N) is 1. The maximum atomic E-state index is 12.0. The van der Waals surface area contributed by atoms with Crippen molar-refractivity contribution >= 4 is 22.4 Å². The maximum Gasteiger partial charge on any atom is 0.257 e. The largest absolute Gasteiger partial charge is 0.298 e. The lowest BCUT2D eigenvalue weighted by Gasteiger charge is -2.02. The summed E-state index contributed by atoms with van der Waals surface area (Å²) in [6, 6.07) is 7.58. The summed E-state index contributed by atoms with van der Waals surface area (Å²) >= 11 is 1.61. The van der Waals surface area contributed by atoms with E-state index in [1.807, 2.05) is 31.2 Å². The second kappa shape index (κ2) is 4.53. The summed E-state index contributed by atoms with van der Waals surface area (Å²) in [6.07, 6.45) is 3.35. The predicted molar refractivity (Wildman–Crippen MR) is 73.3 cm³/mol. The molecule has 18 heavy (non-hydrogen) atoms. The Kier molecular flexibility index (Phi) is 2.88. The summed E-state index contributed by atoms with van der Waals surface area (Å²) in [7, 11) is 0. The molecule has 92 valence electrons. The van der Waals surface area contributed by atoms with Crippen molar-refractivity contribution in [2.45, 2.75) is 26.2 Å². The van der Waals surface area contributed by atoms with Gasteiger partial charge in [0.1, 0.15) is 0 Å². The molecule has 1 amide bonds. The minimum absolute atomic E-state index is 0.0777. The van der Waals surface area contributed by atoms with Crippen molar-refractivity contribution in [3.8, 4) is 0 Å². The van der Waals surface area contributed by atoms with E-state index in [1.165, 1.54) is 17.0 Å². The second-order valence-electron chi connectivity index (χ2n) is 4.57. The normalized spacial score (nSPS) is 13.4. The average Bonchev–Trinajstić information content (AvgIpc) is 2.89. The first-order valence-corrected chi connectivity index (χ1v) is 6.90. The summed E-state index contributed by atoms with van der Waals surface area (Å²) in [4.78, 5) is 17.8. The number of aryl methyl sites for hydroxylation is 3. The van der Waals surface area contributed by atoms with Crippen LogP contribution in [0.2, 0.25) is 0 Å². The molecule has 1 aromatic carbocycles. The van der Waals surface area contributed by atoms with Crippen LogP contribution in [0.3, 0.4) is 0 Å². The molecule has 1 aliphatic rings. The Morgan fingerprint density at radius 2 is 2.28 bits per heavy atom. The first kappa shape index (κ1) is 11.4. The van der Waals surface area contributed by atoms with E-state index in [-0.39, 0.29) is 5.91 Å². The Hall–Kier alpha value is -1.68. The molecule has 4 heteroatoms. The Morgan fingerprint density at radius 1 is 1.39 bits per heavy atom. The molecule has 0 atom stereocenters. The van der Waals surface area contributed by atoms with Gasteiger partial charge in [-0.05, 0) is 38.3 Å². The van der Waals surface area contributed by atoms with E-state index in [2.05, 4.69) is 10.3 Å². The smallest absolute Gasteiger partial charge is 0.257 e.